The van der Waals surface area contributed by atoms with Gasteiger partial charge in [-0.1, -0.05) is 17.7 Å². The molecule has 0 radical (unpaired) electrons. The second-order valence-electron chi connectivity index (χ2n) is 4.80. The molecule has 1 aromatic carbocycles. The molecule has 2 amide bonds. The number of amides is 2. The molecule has 6 nitrogen and oxygen atoms in total. The highest BCUT2D eigenvalue weighted by molar-refractivity contribution is 5.91. The number of hydrogen-bond acceptors (Lipinski definition) is 3. The number of hydrogen-bond donors (Lipinski definition) is 4. The van der Waals surface area contributed by atoms with Gasteiger partial charge in [0.25, 0.3) is 0 Å². The number of urea groups is 1. The van der Waals surface area contributed by atoms with Gasteiger partial charge in [-0.25, -0.2) is 9.59 Å². The van der Waals surface area contributed by atoms with E-state index in [0.717, 1.165) is 22.4 Å². The summed E-state index contributed by atoms with van der Waals surface area (Å²) in [6, 6.07) is 3.52. The molecular formula is C14H20N2O4. The van der Waals surface area contributed by atoms with Crippen molar-refractivity contribution in [3.63, 3.8) is 0 Å². The third kappa shape index (κ3) is 4.55. The lowest BCUT2D eigenvalue weighted by Gasteiger charge is -2.14. The Labute approximate surface area is 117 Å². The maximum absolute atomic E-state index is 11.7. The number of anilines is 1. The summed E-state index contributed by atoms with van der Waals surface area (Å²) in [5.41, 5.74) is 3.79. The van der Waals surface area contributed by atoms with Crippen molar-refractivity contribution < 1.29 is 19.8 Å². The Kier molecular flexibility index (Phi) is 5.52. The standard InChI is InChI=1S/C14H20N2O4/c1-8-6-9(2)12(10(3)7-8)16-14(20)15-5-4-11(17)13(18)19/h6-7,11,17H,4-5H2,1-3H3,(H,18,19)(H2,15,16,20)/t11-/m0/s1. The van der Waals surface area contributed by atoms with Crippen molar-refractivity contribution in [2.75, 3.05) is 11.9 Å². The van der Waals surface area contributed by atoms with Gasteiger partial charge in [-0.3, -0.25) is 0 Å². The molecule has 6 heteroatoms. The van der Waals surface area contributed by atoms with Crippen LogP contribution in [0.4, 0.5) is 10.5 Å². The van der Waals surface area contributed by atoms with Crippen LogP contribution in [0.25, 0.3) is 0 Å². The number of aliphatic hydroxyl groups is 1. The van der Waals surface area contributed by atoms with Crippen molar-refractivity contribution in [1.82, 2.24) is 5.32 Å². The molecule has 1 rings (SSSR count). The molecule has 0 fully saturated rings. The summed E-state index contributed by atoms with van der Waals surface area (Å²) in [5.74, 6) is -1.29. The van der Waals surface area contributed by atoms with Crippen LogP contribution in [0.1, 0.15) is 23.1 Å². The quantitative estimate of drug-likeness (QED) is 0.658. The molecule has 0 saturated heterocycles. The number of carboxylic acid groups (broad SMARTS) is 1. The van der Waals surface area contributed by atoms with Gasteiger partial charge in [-0.2, -0.15) is 0 Å². The molecule has 0 saturated carbocycles. The van der Waals surface area contributed by atoms with Crippen LogP contribution in [0.5, 0.6) is 0 Å². The summed E-state index contributed by atoms with van der Waals surface area (Å²) in [6.07, 6.45) is -1.49. The summed E-state index contributed by atoms with van der Waals surface area (Å²) in [4.78, 5) is 22.1. The summed E-state index contributed by atoms with van der Waals surface area (Å²) < 4.78 is 0. The van der Waals surface area contributed by atoms with Crippen LogP contribution in [0.15, 0.2) is 12.1 Å². The summed E-state index contributed by atoms with van der Waals surface area (Å²) >= 11 is 0. The molecule has 0 aromatic heterocycles. The molecule has 20 heavy (non-hydrogen) atoms. The van der Waals surface area contributed by atoms with E-state index >= 15 is 0 Å². The Hall–Kier alpha value is -2.08. The first-order valence-electron chi connectivity index (χ1n) is 6.35. The minimum atomic E-state index is -1.46. The lowest BCUT2D eigenvalue weighted by Crippen LogP contribution is -2.33. The highest BCUT2D eigenvalue weighted by Gasteiger charge is 2.13. The van der Waals surface area contributed by atoms with Crippen molar-refractivity contribution in [3.8, 4) is 0 Å². The Bertz CT molecular complexity index is 491. The van der Waals surface area contributed by atoms with E-state index in [1.54, 1.807) is 0 Å². The average molecular weight is 280 g/mol. The Balaban J connectivity index is 2.53. The van der Waals surface area contributed by atoms with E-state index < -0.39 is 18.1 Å². The van der Waals surface area contributed by atoms with E-state index in [-0.39, 0.29) is 13.0 Å². The zero-order chi connectivity index (χ0) is 15.3. The van der Waals surface area contributed by atoms with Gasteiger partial charge < -0.3 is 20.8 Å². The molecule has 0 spiro atoms. The molecule has 0 aliphatic rings. The van der Waals surface area contributed by atoms with Gasteiger partial charge in [0.2, 0.25) is 0 Å². The highest BCUT2D eigenvalue weighted by Crippen LogP contribution is 2.21. The van der Waals surface area contributed by atoms with Crippen molar-refractivity contribution in [2.45, 2.75) is 33.3 Å². The van der Waals surface area contributed by atoms with E-state index in [4.69, 9.17) is 10.2 Å². The second-order valence-corrected chi connectivity index (χ2v) is 4.80. The van der Waals surface area contributed by atoms with E-state index in [0.29, 0.717) is 0 Å². The van der Waals surface area contributed by atoms with Gasteiger partial charge in [0, 0.05) is 18.7 Å². The number of rotatable bonds is 5. The number of nitrogens with one attached hydrogen (secondary N) is 2. The maximum Gasteiger partial charge on any atom is 0.332 e. The van der Waals surface area contributed by atoms with Crippen LogP contribution < -0.4 is 10.6 Å². The zero-order valence-corrected chi connectivity index (χ0v) is 11.9. The van der Waals surface area contributed by atoms with Crippen LogP contribution >= 0.6 is 0 Å². The third-order valence-electron chi connectivity index (χ3n) is 2.90. The molecule has 110 valence electrons. The fourth-order valence-electron chi connectivity index (χ4n) is 1.98. The van der Waals surface area contributed by atoms with Gasteiger partial charge in [0.15, 0.2) is 6.10 Å². The van der Waals surface area contributed by atoms with Crippen molar-refractivity contribution in [1.29, 1.82) is 0 Å². The Morgan fingerprint density at radius 2 is 1.75 bits per heavy atom. The number of carboxylic acids is 1. The molecule has 1 atom stereocenters. The van der Waals surface area contributed by atoms with Gasteiger partial charge in [-0.05, 0) is 31.9 Å². The van der Waals surface area contributed by atoms with Crippen LogP contribution in [0, 0.1) is 20.8 Å². The fraction of sp³-hybridized carbons (Fsp3) is 0.429. The van der Waals surface area contributed by atoms with E-state index in [2.05, 4.69) is 10.6 Å². The van der Waals surface area contributed by atoms with Crippen LogP contribution in [-0.4, -0.2) is 34.9 Å². The largest absolute Gasteiger partial charge is 0.479 e. The van der Waals surface area contributed by atoms with Gasteiger partial charge >= 0.3 is 12.0 Å². The number of aliphatic hydroxyl groups excluding tert-OH is 1. The van der Waals surface area contributed by atoms with Gasteiger partial charge in [0.1, 0.15) is 0 Å². The molecule has 0 unspecified atom stereocenters. The number of aryl methyl sites for hydroxylation is 3. The topological polar surface area (TPSA) is 98.7 Å². The molecule has 0 aliphatic heterocycles. The lowest BCUT2D eigenvalue weighted by atomic mass is 10.1. The predicted octanol–water partition coefficient (Wildman–Crippen LogP) is 1.57. The molecule has 0 bridgehead atoms. The van der Waals surface area contributed by atoms with Gasteiger partial charge in [0.05, 0.1) is 0 Å². The Morgan fingerprint density at radius 1 is 1.20 bits per heavy atom. The first kappa shape index (κ1) is 16.0. The molecule has 0 aliphatic carbocycles. The first-order valence-corrected chi connectivity index (χ1v) is 6.35. The lowest BCUT2D eigenvalue weighted by molar-refractivity contribution is -0.146. The molecule has 1 aromatic rings. The maximum atomic E-state index is 11.7. The van der Waals surface area contributed by atoms with Crippen LogP contribution in [0.3, 0.4) is 0 Å². The number of benzene rings is 1. The summed E-state index contributed by atoms with van der Waals surface area (Å²) in [5, 5.41) is 22.8. The number of carbonyl (C=O) groups excluding carboxylic acids is 1. The van der Waals surface area contributed by atoms with Crippen molar-refractivity contribution >= 4 is 17.7 Å². The molecule has 0 heterocycles. The number of carbonyl (C=O) groups is 2. The third-order valence-corrected chi connectivity index (χ3v) is 2.90. The fourth-order valence-corrected chi connectivity index (χ4v) is 1.98. The summed E-state index contributed by atoms with van der Waals surface area (Å²) in [7, 11) is 0. The van der Waals surface area contributed by atoms with E-state index in [1.807, 2.05) is 32.9 Å². The minimum absolute atomic E-state index is 0.0331. The normalized spacial score (nSPS) is 11.8. The molecular weight excluding hydrogens is 260 g/mol. The molecule has 4 N–H and O–H groups in total. The minimum Gasteiger partial charge on any atom is -0.479 e. The Morgan fingerprint density at radius 3 is 2.25 bits per heavy atom. The zero-order valence-electron chi connectivity index (χ0n) is 11.9. The van der Waals surface area contributed by atoms with E-state index in [1.165, 1.54) is 0 Å². The smallest absolute Gasteiger partial charge is 0.332 e. The predicted molar refractivity (Wildman–Crippen MR) is 75.9 cm³/mol. The average Bonchev–Trinajstić information content (AvgIpc) is 2.33. The second kappa shape index (κ2) is 6.91. The van der Waals surface area contributed by atoms with Crippen LogP contribution in [0.2, 0.25) is 0 Å². The monoisotopic (exact) mass is 280 g/mol. The highest BCUT2D eigenvalue weighted by atomic mass is 16.4. The van der Waals surface area contributed by atoms with Crippen molar-refractivity contribution in [2.24, 2.45) is 0 Å². The summed E-state index contributed by atoms with van der Waals surface area (Å²) in [6.45, 7) is 5.88. The van der Waals surface area contributed by atoms with E-state index in [9.17, 15) is 9.59 Å². The number of aliphatic carboxylic acids is 1. The SMILES string of the molecule is Cc1cc(C)c(NC(=O)NCC[C@H](O)C(=O)O)c(C)c1. The first-order chi connectivity index (χ1) is 9.31. The van der Waals surface area contributed by atoms with Crippen molar-refractivity contribution in [3.05, 3.63) is 28.8 Å². The van der Waals surface area contributed by atoms with Crippen LogP contribution in [-0.2, 0) is 4.79 Å². The van der Waals surface area contributed by atoms with Gasteiger partial charge in [-0.15, -0.1) is 0 Å².